The second-order valence-electron chi connectivity index (χ2n) is 8.76. The van der Waals surface area contributed by atoms with Crippen LogP contribution in [-0.2, 0) is 14.4 Å². The van der Waals surface area contributed by atoms with E-state index >= 15 is 0 Å². The van der Waals surface area contributed by atoms with Gasteiger partial charge in [-0.25, -0.2) is 0 Å². The molecule has 184 valence electrons. The molecule has 3 rings (SSSR count). The number of aromatic nitrogens is 1. The van der Waals surface area contributed by atoms with Gasteiger partial charge in [-0.2, -0.15) is 0 Å². The molecule has 9 heteroatoms. The van der Waals surface area contributed by atoms with Crippen LogP contribution in [0.25, 0.3) is 0 Å². The van der Waals surface area contributed by atoms with Gasteiger partial charge in [-0.3, -0.25) is 14.4 Å². The number of nitrogens with one attached hydrogen (secondary N) is 2. The molecule has 0 bridgehead atoms. The smallest absolute Gasteiger partial charge is 0.247 e. The SMILES string of the molecule is CCCCN(C(=O)CCC(=O)Nc1cc(C)on1)C(C(=O)NC1CCCC1)c1ccc(Cl)cc1. The molecule has 3 amide bonds. The molecule has 1 aliphatic carbocycles. The molecule has 0 aliphatic heterocycles. The van der Waals surface area contributed by atoms with Gasteiger partial charge in [0.2, 0.25) is 17.7 Å². The lowest BCUT2D eigenvalue weighted by atomic mass is 10.0. The average molecular weight is 489 g/mol. The highest BCUT2D eigenvalue weighted by Crippen LogP contribution is 2.27. The van der Waals surface area contributed by atoms with Crippen molar-refractivity contribution in [3.05, 3.63) is 46.7 Å². The highest BCUT2D eigenvalue weighted by Gasteiger charge is 2.32. The highest BCUT2D eigenvalue weighted by atomic mass is 35.5. The van der Waals surface area contributed by atoms with Crippen LogP contribution in [-0.4, -0.2) is 40.4 Å². The largest absolute Gasteiger partial charge is 0.360 e. The van der Waals surface area contributed by atoms with Gasteiger partial charge in [0, 0.05) is 36.5 Å². The van der Waals surface area contributed by atoms with Crippen LogP contribution in [0.1, 0.15) is 75.7 Å². The van der Waals surface area contributed by atoms with E-state index in [9.17, 15) is 14.4 Å². The Hall–Kier alpha value is -2.87. The van der Waals surface area contributed by atoms with E-state index in [1.54, 1.807) is 42.2 Å². The number of nitrogens with zero attached hydrogens (tertiary/aromatic N) is 2. The van der Waals surface area contributed by atoms with Crippen molar-refractivity contribution in [1.29, 1.82) is 0 Å². The van der Waals surface area contributed by atoms with Crippen molar-refractivity contribution in [3.8, 4) is 0 Å². The van der Waals surface area contributed by atoms with Crippen LogP contribution >= 0.6 is 11.6 Å². The zero-order valence-electron chi connectivity index (χ0n) is 19.8. The molecular formula is C25H33ClN4O4. The summed E-state index contributed by atoms with van der Waals surface area (Å²) in [6.45, 7) is 4.18. The number of amides is 3. The molecule has 1 atom stereocenters. The van der Waals surface area contributed by atoms with Crippen LogP contribution < -0.4 is 10.6 Å². The van der Waals surface area contributed by atoms with Crippen LogP contribution in [0, 0.1) is 6.92 Å². The van der Waals surface area contributed by atoms with Crippen LogP contribution in [0.3, 0.4) is 0 Å². The first-order valence-electron chi connectivity index (χ1n) is 12.0. The van der Waals surface area contributed by atoms with Crippen molar-refractivity contribution >= 4 is 35.1 Å². The molecule has 1 unspecified atom stereocenters. The predicted octanol–water partition coefficient (Wildman–Crippen LogP) is 4.78. The average Bonchev–Trinajstić information content (AvgIpc) is 3.47. The van der Waals surface area contributed by atoms with Crippen LogP contribution in [0.4, 0.5) is 5.82 Å². The van der Waals surface area contributed by atoms with Gasteiger partial charge >= 0.3 is 0 Å². The summed E-state index contributed by atoms with van der Waals surface area (Å²) in [6, 6.07) is 7.97. The fourth-order valence-corrected chi connectivity index (χ4v) is 4.32. The van der Waals surface area contributed by atoms with Crippen LogP contribution in [0.2, 0.25) is 5.02 Å². The van der Waals surface area contributed by atoms with Crippen LogP contribution in [0.15, 0.2) is 34.9 Å². The lowest BCUT2D eigenvalue weighted by Crippen LogP contribution is -2.46. The zero-order chi connectivity index (χ0) is 24.5. The maximum atomic E-state index is 13.4. The minimum absolute atomic E-state index is 0.0207. The fraction of sp³-hybridized carbons (Fsp3) is 0.520. The first kappa shape index (κ1) is 25.7. The van der Waals surface area contributed by atoms with Gasteiger partial charge in [-0.15, -0.1) is 0 Å². The number of hydrogen-bond donors (Lipinski definition) is 2. The molecule has 0 spiro atoms. The highest BCUT2D eigenvalue weighted by molar-refractivity contribution is 6.30. The Kier molecular flexibility index (Phi) is 9.51. The Balaban J connectivity index is 1.75. The molecule has 1 fully saturated rings. The standard InChI is InChI=1S/C25H33ClN4O4/c1-3-4-15-30(23(32)14-13-22(31)28-21-16-17(2)34-29-21)24(18-9-11-19(26)12-10-18)25(33)27-20-7-5-6-8-20/h9-12,16,20,24H,3-8,13-15H2,1-2H3,(H,27,33)(H,28,29,31). The number of hydrogen-bond acceptors (Lipinski definition) is 5. The van der Waals surface area contributed by atoms with Gasteiger partial charge in [0.1, 0.15) is 11.8 Å². The quantitative estimate of drug-likeness (QED) is 0.473. The molecule has 8 nitrogen and oxygen atoms in total. The molecule has 0 radical (unpaired) electrons. The van der Waals surface area contributed by atoms with Gasteiger partial charge in [-0.05, 0) is 43.9 Å². The molecule has 0 saturated heterocycles. The van der Waals surface area contributed by atoms with Crippen molar-refractivity contribution in [1.82, 2.24) is 15.4 Å². The third kappa shape index (κ3) is 7.32. The summed E-state index contributed by atoms with van der Waals surface area (Å²) in [7, 11) is 0. The molecule has 2 aromatic rings. The van der Waals surface area contributed by atoms with E-state index in [4.69, 9.17) is 16.1 Å². The van der Waals surface area contributed by atoms with Crippen LogP contribution in [0.5, 0.6) is 0 Å². The van der Waals surface area contributed by atoms with E-state index < -0.39 is 6.04 Å². The van der Waals surface area contributed by atoms with E-state index in [0.29, 0.717) is 28.7 Å². The van der Waals surface area contributed by atoms with Crippen molar-refractivity contribution in [2.45, 2.75) is 77.3 Å². The molecule has 1 heterocycles. The lowest BCUT2D eigenvalue weighted by Gasteiger charge is -2.32. The van der Waals surface area contributed by atoms with E-state index in [1.165, 1.54) is 0 Å². The molecule has 1 saturated carbocycles. The number of aryl methyl sites for hydroxylation is 1. The molecule has 34 heavy (non-hydrogen) atoms. The van der Waals surface area contributed by atoms with Gasteiger partial charge in [0.05, 0.1) is 0 Å². The monoisotopic (exact) mass is 488 g/mol. The summed E-state index contributed by atoms with van der Waals surface area (Å²) in [6.07, 6.45) is 5.65. The Bertz CT molecular complexity index is 970. The number of benzene rings is 1. The maximum absolute atomic E-state index is 13.4. The predicted molar refractivity (Wildman–Crippen MR) is 130 cm³/mol. The minimum Gasteiger partial charge on any atom is -0.360 e. The first-order valence-corrected chi connectivity index (χ1v) is 12.3. The lowest BCUT2D eigenvalue weighted by molar-refractivity contribution is -0.141. The first-order chi connectivity index (χ1) is 16.4. The fourth-order valence-electron chi connectivity index (χ4n) is 4.19. The summed E-state index contributed by atoms with van der Waals surface area (Å²) in [5.41, 5.74) is 0.701. The molecule has 2 N–H and O–H groups in total. The summed E-state index contributed by atoms with van der Waals surface area (Å²) in [4.78, 5) is 40.7. The van der Waals surface area contributed by atoms with E-state index in [1.807, 2.05) is 6.92 Å². The minimum atomic E-state index is -0.779. The number of halogens is 1. The Morgan fingerprint density at radius 1 is 1.18 bits per heavy atom. The number of unbranched alkanes of at least 4 members (excludes halogenated alkanes) is 1. The Morgan fingerprint density at radius 3 is 2.50 bits per heavy atom. The number of carbonyl (C=O) groups is 3. The molecule has 1 aromatic heterocycles. The Labute approximate surface area is 205 Å². The third-order valence-corrected chi connectivity index (χ3v) is 6.23. The van der Waals surface area contributed by atoms with Crippen molar-refractivity contribution < 1.29 is 18.9 Å². The van der Waals surface area contributed by atoms with E-state index in [2.05, 4.69) is 15.8 Å². The summed E-state index contributed by atoms with van der Waals surface area (Å²) in [5, 5.41) is 10.1. The van der Waals surface area contributed by atoms with Gasteiger partial charge in [0.25, 0.3) is 0 Å². The molecule has 1 aromatic carbocycles. The van der Waals surface area contributed by atoms with Crippen molar-refractivity contribution in [2.75, 3.05) is 11.9 Å². The van der Waals surface area contributed by atoms with Gasteiger partial charge < -0.3 is 20.1 Å². The zero-order valence-corrected chi connectivity index (χ0v) is 20.6. The van der Waals surface area contributed by atoms with E-state index in [-0.39, 0.29) is 36.6 Å². The normalized spacial score (nSPS) is 14.6. The summed E-state index contributed by atoms with van der Waals surface area (Å²) in [5.74, 6) is 0.113. The topological polar surface area (TPSA) is 105 Å². The number of rotatable bonds is 11. The van der Waals surface area contributed by atoms with Gasteiger partial charge in [-0.1, -0.05) is 55.1 Å². The number of anilines is 1. The maximum Gasteiger partial charge on any atom is 0.247 e. The Morgan fingerprint density at radius 2 is 1.88 bits per heavy atom. The second kappa shape index (κ2) is 12.6. The second-order valence-corrected chi connectivity index (χ2v) is 9.19. The number of carbonyl (C=O) groups excluding carboxylic acids is 3. The third-order valence-electron chi connectivity index (χ3n) is 5.98. The van der Waals surface area contributed by atoms with Gasteiger partial charge in [0.15, 0.2) is 5.82 Å². The molecule has 1 aliphatic rings. The summed E-state index contributed by atoms with van der Waals surface area (Å²) >= 11 is 6.07. The summed E-state index contributed by atoms with van der Waals surface area (Å²) < 4.78 is 4.95. The van der Waals surface area contributed by atoms with Crippen molar-refractivity contribution in [2.24, 2.45) is 0 Å². The van der Waals surface area contributed by atoms with E-state index in [0.717, 1.165) is 38.5 Å². The molecular weight excluding hydrogens is 456 g/mol. The van der Waals surface area contributed by atoms with Crippen molar-refractivity contribution in [3.63, 3.8) is 0 Å².